The summed E-state index contributed by atoms with van der Waals surface area (Å²) in [4.78, 5) is 26.2. The van der Waals surface area contributed by atoms with Crippen LogP contribution in [-0.4, -0.2) is 38.8 Å². The molecule has 0 radical (unpaired) electrons. The second-order valence-electron chi connectivity index (χ2n) is 5.95. The molecule has 0 bridgehead atoms. The van der Waals surface area contributed by atoms with Crippen molar-refractivity contribution >= 4 is 16.9 Å². The number of rotatable bonds is 2. The predicted molar refractivity (Wildman–Crippen MR) is 88.2 cm³/mol. The van der Waals surface area contributed by atoms with Crippen LogP contribution in [0.5, 0.6) is 0 Å². The average Bonchev–Trinajstić information content (AvgIpc) is 3.06. The molecule has 3 aromatic heterocycles. The van der Waals surface area contributed by atoms with Crippen molar-refractivity contribution in [3.63, 3.8) is 0 Å². The third-order valence-electron chi connectivity index (χ3n) is 4.59. The largest absolute Gasteiger partial charge is 0.360 e. The molecule has 0 aromatic carbocycles. The van der Waals surface area contributed by atoms with E-state index >= 15 is 0 Å². The molecule has 0 saturated carbocycles. The quantitative estimate of drug-likeness (QED) is 0.791. The van der Waals surface area contributed by atoms with Gasteiger partial charge in [-0.25, -0.2) is 0 Å². The average molecular weight is 306 g/mol. The molecule has 1 saturated heterocycles. The highest BCUT2D eigenvalue weighted by atomic mass is 16.2. The molecular formula is C18H18N4O. The monoisotopic (exact) mass is 306 g/mol. The molecule has 4 rings (SSSR count). The van der Waals surface area contributed by atoms with Crippen LogP contribution in [-0.2, 0) is 0 Å². The number of hydrogen-bond donors (Lipinski definition) is 1. The number of carbonyl (C=O) groups is 1. The normalized spacial score (nSPS) is 15.9. The lowest BCUT2D eigenvalue weighted by molar-refractivity contribution is 0.0713. The van der Waals surface area contributed by atoms with E-state index < -0.39 is 0 Å². The number of carbonyl (C=O) groups excluding carboxylic acids is 1. The van der Waals surface area contributed by atoms with Gasteiger partial charge in [0.25, 0.3) is 5.91 Å². The van der Waals surface area contributed by atoms with Crippen molar-refractivity contribution in [3.8, 4) is 0 Å². The first-order valence-corrected chi connectivity index (χ1v) is 7.94. The van der Waals surface area contributed by atoms with Crippen LogP contribution in [0.4, 0.5) is 0 Å². The zero-order valence-corrected chi connectivity index (χ0v) is 12.8. The summed E-state index contributed by atoms with van der Waals surface area (Å²) in [5, 5.41) is 0. The van der Waals surface area contributed by atoms with Gasteiger partial charge in [0, 0.05) is 37.9 Å². The summed E-state index contributed by atoms with van der Waals surface area (Å²) < 4.78 is 0. The van der Waals surface area contributed by atoms with Crippen molar-refractivity contribution in [2.45, 2.75) is 18.8 Å². The Morgan fingerprint density at radius 1 is 1.17 bits per heavy atom. The lowest BCUT2D eigenvalue weighted by Gasteiger charge is -2.31. The maximum absolute atomic E-state index is 12.5. The van der Waals surface area contributed by atoms with Gasteiger partial charge in [-0.2, -0.15) is 0 Å². The molecule has 3 aromatic rings. The molecule has 23 heavy (non-hydrogen) atoms. The molecule has 5 nitrogen and oxygen atoms in total. The van der Waals surface area contributed by atoms with E-state index in [1.165, 1.54) is 5.56 Å². The SMILES string of the molecule is O=C(c1cccnc1)N1CCC(c2c[nH]c3cccnc23)CC1. The fourth-order valence-electron chi connectivity index (χ4n) is 3.35. The van der Waals surface area contributed by atoms with Crippen LogP contribution in [0.25, 0.3) is 11.0 Å². The highest BCUT2D eigenvalue weighted by molar-refractivity contribution is 5.94. The first-order valence-electron chi connectivity index (χ1n) is 7.94. The van der Waals surface area contributed by atoms with Crippen LogP contribution >= 0.6 is 0 Å². The van der Waals surface area contributed by atoms with E-state index in [0.717, 1.165) is 37.0 Å². The number of amides is 1. The first kappa shape index (κ1) is 13.9. The first-order chi connectivity index (χ1) is 11.3. The van der Waals surface area contributed by atoms with E-state index in [2.05, 4.69) is 21.1 Å². The van der Waals surface area contributed by atoms with E-state index in [9.17, 15) is 4.79 Å². The second-order valence-corrected chi connectivity index (χ2v) is 5.95. The van der Waals surface area contributed by atoms with Gasteiger partial charge in [-0.15, -0.1) is 0 Å². The Labute approximate surface area is 134 Å². The number of hydrogen-bond acceptors (Lipinski definition) is 3. The van der Waals surface area contributed by atoms with Gasteiger partial charge in [0.1, 0.15) is 0 Å². The van der Waals surface area contributed by atoms with Crippen molar-refractivity contribution < 1.29 is 4.79 Å². The van der Waals surface area contributed by atoms with Gasteiger partial charge < -0.3 is 9.88 Å². The Bertz CT molecular complexity index is 819. The second kappa shape index (κ2) is 5.83. The number of likely N-dealkylation sites (tertiary alicyclic amines) is 1. The van der Waals surface area contributed by atoms with Gasteiger partial charge in [0.2, 0.25) is 0 Å². The van der Waals surface area contributed by atoms with Crippen molar-refractivity contribution in [3.05, 3.63) is 60.2 Å². The number of aromatic nitrogens is 3. The number of nitrogens with zero attached hydrogens (tertiary/aromatic N) is 3. The van der Waals surface area contributed by atoms with Gasteiger partial charge >= 0.3 is 0 Å². The standard InChI is InChI=1S/C18H18N4O/c23-18(14-3-1-7-19-11-14)22-9-5-13(6-10-22)15-12-21-16-4-2-8-20-17(15)16/h1-4,7-8,11-13,21H,5-6,9-10H2. The fourth-order valence-corrected chi connectivity index (χ4v) is 3.35. The third-order valence-corrected chi connectivity index (χ3v) is 4.59. The third kappa shape index (κ3) is 2.59. The minimum atomic E-state index is 0.0774. The van der Waals surface area contributed by atoms with E-state index in [0.29, 0.717) is 11.5 Å². The number of piperidine rings is 1. The molecule has 116 valence electrons. The lowest BCUT2D eigenvalue weighted by Crippen LogP contribution is -2.37. The van der Waals surface area contributed by atoms with Crippen LogP contribution in [0.2, 0.25) is 0 Å². The maximum Gasteiger partial charge on any atom is 0.255 e. The van der Waals surface area contributed by atoms with Gasteiger partial charge in [-0.05, 0) is 48.6 Å². The van der Waals surface area contributed by atoms with E-state index in [1.807, 2.05) is 29.3 Å². The summed E-state index contributed by atoms with van der Waals surface area (Å²) in [6.45, 7) is 1.55. The molecule has 1 N–H and O–H groups in total. The molecule has 0 unspecified atom stereocenters. The van der Waals surface area contributed by atoms with Crippen LogP contribution < -0.4 is 0 Å². The number of nitrogens with one attached hydrogen (secondary N) is 1. The van der Waals surface area contributed by atoms with Gasteiger partial charge in [-0.3, -0.25) is 14.8 Å². The smallest absolute Gasteiger partial charge is 0.255 e. The lowest BCUT2D eigenvalue weighted by atomic mass is 9.90. The molecule has 1 amide bonds. The number of H-pyrrole nitrogens is 1. The van der Waals surface area contributed by atoms with Crippen LogP contribution in [0.15, 0.2) is 49.1 Å². The number of pyridine rings is 2. The fraction of sp³-hybridized carbons (Fsp3) is 0.278. The summed E-state index contributed by atoms with van der Waals surface area (Å²) in [5.74, 6) is 0.533. The Hall–Kier alpha value is -2.69. The Morgan fingerprint density at radius 2 is 2.00 bits per heavy atom. The summed E-state index contributed by atoms with van der Waals surface area (Å²) in [7, 11) is 0. The number of aromatic amines is 1. The summed E-state index contributed by atoms with van der Waals surface area (Å²) >= 11 is 0. The van der Waals surface area contributed by atoms with Crippen molar-refractivity contribution in [2.24, 2.45) is 0 Å². The summed E-state index contributed by atoms with van der Waals surface area (Å²) in [5.41, 5.74) is 4.08. The molecule has 1 aliphatic rings. The highest BCUT2D eigenvalue weighted by Gasteiger charge is 2.26. The van der Waals surface area contributed by atoms with E-state index in [4.69, 9.17) is 0 Å². The maximum atomic E-state index is 12.5. The molecule has 0 aliphatic carbocycles. The van der Waals surface area contributed by atoms with Gasteiger partial charge in [0.05, 0.1) is 16.6 Å². The molecule has 0 spiro atoms. The number of fused-ring (bicyclic) bond motifs is 1. The summed E-state index contributed by atoms with van der Waals surface area (Å²) in [6, 6.07) is 7.62. The Balaban J connectivity index is 1.48. The topological polar surface area (TPSA) is 61.9 Å². The molecule has 0 atom stereocenters. The zero-order chi connectivity index (χ0) is 15.6. The minimum Gasteiger partial charge on any atom is -0.360 e. The van der Waals surface area contributed by atoms with Gasteiger partial charge in [0.15, 0.2) is 0 Å². The van der Waals surface area contributed by atoms with Crippen LogP contribution in [0.1, 0.15) is 34.7 Å². The zero-order valence-electron chi connectivity index (χ0n) is 12.8. The van der Waals surface area contributed by atoms with Crippen LogP contribution in [0.3, 0.4) is 0 Å². The molecular weight excluding hydrogens is 288 g/mol. The molecule has 5 heteroatoms. The molecule has 4 heterocycles. The van der Waals surface area contributed by atoms with Crippen molar-refractivity contribution in [1.29, 1.82) is 0 Å². The Morgan fingerprint density at radius 3 is 2.78 bits per heavy atom. The van der Waals surface area contributed by atoms with E-state index in [1.54, 1.807) is 18.5 Å². The predicted octanol–water partition coefficient (Wildman–Crippen LogP) is 2.98. The van der Waals surface area contributed by atoms with Gasteiger partial charge in [-0.1, -0.05) is 0 Å². The van der Waals surface area contributed by atoms with Crippen LogP contribution in [0, 0.1) is 0 Å². The van der Waals surface area contributed by atoms with Crippen molar-refractivity contribution in [1.82, 2.24) is 19.9 Å². The molecule has 1 fully saturated rings. The highest BCUT2D eigenvalue weighted by Crippen LogP contribution is 2.32. The Kier molecular flexibility index (Phi) is 3.54. The van der Waals surface area contributed by atoms with E-state index in [-0.39, 0.29) is 5.91 Å². The van der Waals surface area contributed by atoms with Crippen molar-refractivity contribution in [2.75, 3.05) is 13.1 Å². The summed E-state index contributed by atoms with van der Waals surface area (Å²) in [6.07, 6.45) is 9.16. The molecule has 1 aliphatic heterocycles. The minimum absolute atomic E-state index is 0.0774.